The predicted octanol–water partition coefficient (Wildman–Crippen LogP) is 1.61. The summed E-state index contributed by atoms with van der Waals surface area (Å²) in [5.41, 5.74) is 2.13. The monoisotopic (exact) mass is 346 g/mol. The Kier molecular flexibility index (Phi) is 5.50. The van der Waals surface area contributed by atoms with Crippen LogP contribution in [0, 0.1) is 6.92 Å². The van der Waals surface area contributed by atoms with Crippen LogP contribution < -0.4 is 4.90 Å². The summed E-state index contributed by atoms with van der Waals surface area (Å²) in [6.07, 6.45) is 3.43. The Balaban J connectivity index is 1.71. The van der Waals surface area contributed by atoms with Gasteiger partial charge in [0.15, 0.2) is 0 Å². The number of carbonyl (C=O) groups excluding carboxylic acids is 2. The second kappa shape index (κ2) is 7.80. The number of ether oxygens (including phenoxy) is 1. The molecule has 0 N–H and O–H groups in total. The average Bonchev–Trinajstić information content (AvgIpc) is 3.13. The van der Waals surface area contributed by atoms with Crippen molar-refractivity contribution in [2.45, 2.75) is 52.5 Å². The van der Waals surface area contributed by atoms with E-state index in [0.29, 0.717) is 19.7 Å². The van der Waals surface area contributed by atoms with E-state index in [2.05, 4.69) is 14.9 Å². The zero-order valence-electron chi connectivity index (χ0n) is 15.1. The van der Waals surface area contributed by atoms with Gasteiger partial charge in [-0.15, -0.1) is 0 Å². The maximum atomic E-state index is 12.5. The molecule has 0 spiro atoms. The quantitative estimate of drug-likeness (QED) is 0.754. The molecule has 7 nitrogen and oxygen atoms in total. The molecule has 0 saturated carbocycles. The normalized spacial score (nSPS) is 16.7. The van der Waals surface area contributed by atoms with Crippen molar-refractivity contribution in [3.05, 3.63) is 17.1 Å². The van der Waals surface area contributed by atoms with Crippen LogP contribution in [-0.2, 0) is 27.3 Å². The van der Waals surface area contributed by atoms with Gasteiger partial charge in [-0.1, -0.05) is 0 Å². The Morgan fingerprint density at radius 1 is 1.12 bits per heavy atom. The molecule has 3 heterocycles. The molecule has 0 aliphatic carbocycles. The minimum absolute atomic E-state index is 0.00773. The molecule has 1 saturated heterocycles. The minimum Gasteiger partial charge on any atom is -0.466 e. The highest BCUT2D eigenvalue weighted by molar-refractivity contribution is 5.81. The van der Waals surface area contributed by atoms with E-state index >= 15 is 0 Å². The minimum atomic E-state index is -0.315. The topological polar surface area (TPSA) is 75.6 Å². The summed E-state index contributed by atoms with van der Waals surface area (Å²) in [5.74, 6) is 1.46. The molecule has 25 heavy (non-hydrogen) atoms. The van der Waals surface area contributed by atoms with Crippen LogP contribution >= 0.6 is 0 Å². The molecule has 1 amide bonds. The molecule has 1 aromatic heterocycles. The molecule has 136 valence electrons. The van der Waals surface area contributed by atoms with Crippen molar-refractivity contribution in [1.29, 1.82) is 0 Å². The van der Waals surface area contributed by atoms with E-state index in [1.165, 1.54) is 12.8 Å². The molecule has 7 heteroatoms. The average molecular weight is 346 g/mol. The number of anilines is 1. The van der Waals surface area contributed by atoms with Crippen LogP contribution in [0.4, 0.5) is 5.82 Å². The van der Waals surface area contributed by atoms with Crippen molar-refractivity contribution >= 4 is 17.7 Å². The molecule has 3 rings (SSSR count). The second-order valence-corrected chi connectivity index (χ2v) is 6.58. The molecule has 0 bridgehead atoms. The summed E-state index contributed by atoms with van der Waals surface area (Å²) in [5, 5.41) is 0. The van der Waals surface area contributed by atoms with Gasteiger partial charge < -0.3 is 14.5 Å². The lowest BCUT2D eigenvalue weighted by Crippen LogP contribution is -2.38. The van der Waals surface area contributed by atoms with Gasteiger partial charge in [-0.2, -0.15) is 0 Å². The first-order valence-electron chi connectivity index (χ1n) is 9.13. The van der Waals surface area contributed by atoms with Crippen LogP contribution in [0.1, 0.15) is 49.7 Å². The summed E-state index contributed by atoms with van der Waals surface area (Å²) in [4.78, 5) is 37.3. The SMILES string of the molecule is CCOC(=O)CCC(=O)N1CCc2nc(C)nc(N3CCCC3)c2C1. The van der Waals surface area contributed by atoms with Gasteiger partial charge >= 0.3 is 5.97 Å². The van der Waals surface area contributed by atoms with Crippen LogP contribution in [0.2, 0.25) is 0 Å². The standard InChI is InChI=1S/C18H26N4O3/c1-3-25-17(24)7-6-16(23)22-11-8-15-14(12-22)18(20-13(2)19-15)21-9-4-5-10-21/h3-12H2,1-2H3. The summed E-state index contributed by atoms with van der Waals surface area (Å²) in [6, 6.07) is 0. The van der Waals surface area contributed by atoms with E-state index in [9.17, 15) is 9.59 Å². The van der Waals surface area contributed by atoms with Crippen molar-refractivity contribution in [3.63, 3.8) is 0 Å². The molecular weight excluding hydrogens is 320 g/mol. The Morgan fingerprint density at radius 3 is 2.60 bits per heavy atom. The summed E-state index contributed by atoms with van der Waals surface area (Å²) in [6.45, 7) is 7.24. The fourth-order valence-corrected chi connectivity index (χ4v) is 3.52. The number of amides is 1. The van der Waals surface area contributed by atoms with Gasteiger partial charge in [0.05, 0.1) is 25.3 Å². The van der Waals surface area contributed by atoms with Gasteiger partial charge in [-0.05, 0) is 26.7 Å². The highest BCUT2D eigenvalue weighted by atomic mass is 16.5. The zero-order valence-corrected chi connectivity index (χ0v) is 15.1. The predicted molar refractivity (Wildman–Crippen MR) is 93.2 cm³/mol. The van der Waals surface area contributed by atoms with E-state index in [4.69, 9.17) is 4.74 Å². The Morgan fingerprint density at radius 2 is 1.88 bits per heavy atom. The van der Waals surface area contributed by atoms with Gasteiger partial charge in [0, 0.05) is 38.0 Å². The van der Waals surface area contributed by atoms with Crippen molar-refractivity contribution in [2.75, 3.05) is 31.1 Å². The first-order valence-corrected chi connectivity index (χ1v) is 9.13. The van der Waals surface area contributed by atoms with Crippen LogP contribution in [0.5, 0.6) is 0 Å². The van der Waals surface area contributed by atoms with Crippen LogP contribution in [0.15, 0.2) is 0 Å². The third-order valence-electron chi connectivity index (χ3n) is 4.76. The number of rotatable bonds is 5. The smallest absolute Gasteiger partial charge is 0.306 e. The summed E-state index contributed by atoms with van der Waals surface area (Å²) in [7, 11) is 0. The molecule has 2 aliphatic rings. The third-order valence-corrected chi connectivity index (χ3v) is 4.76. The fourth-order valence-electron chi connectivity index (χ4n) is 3.52. The van der Waals surface area contributed by atoms with Gasteiger partial charge in [-0.25, -0.2) is 9.97 Å². The highest BCUT2D eigenvalue weighted by Crippen LogP contribution is 2.29. The maximum absolute atomic E-state index is 12.5. The van der Waals surface area contributed by atoms with E-state index in [1.54, 1.807) is 6.92 Å². The maximum Gasteiger partial charge on any atom is 0.306 e. The van der Waals surface area contributed by atoms with Gasteiger partial charge in [-0.3, -0.25) is 9.59 Å². The number of esters is 1. The lowest BCUT2D eigenvalue weighted by molar-refractivity contribution is -0.145. The number of aryl methyl sites for hydroxylation is 1. The molecule has 0 aromatic carbocycles. The number of hydrogen-bond acceptors (Lipinski definition) is 6. The first kappa shape index (κ1) is 17.6. The lowest BCUT2D eigenvalue weighted by atomic mass is 10.0. The van der Waals surface area contributed by atoms with Crippen LogP contribution in [-0.4, -0.2) is 53.0 Å². The fraction of sp³-hybridized carbons (Fsp3) is 0.667. The zero-order chi connectivity index (χ0) is 17.8. The molecule has 1 aromatic rings. The number of fused-ring (bicyclic) bond motifs is 1. The van der Waals surface area contributed by atoms with E-state index in [-0.39, 0.29) is 24.7 Å². The van der Waals surface area contributed by atoms with Crippen molar-refractivity contribution in [2.24, 2.45) is 0 Å². The van der Waals surface area contributed by atoms with E-state index < -0.39 is 0 Å². The van der Waals surface area contributed by atoms with Gasteiger partial charge in [0.1, 0.15) is 11.6 Å². The molecule has 0 radical (unpaired) electrons. The van der Waals surface area contributed by atoms with E-state index in [1.807, 2.05) is 11.8 Å². The van der Waals surface area contributed by atoms with Crippen LogP contribution in [0.25, 0.3) is 0 Å². The molecule has 0 atom stereocenters. The Hall–Kier alpha value is -2.18. The Bertz CT molecular complexity index is 656. The molecule has 1 fully saturated rings. The summed E-state index contributed by atoms with van der Waals surface area (Å²) >= 11 is 0. The number of nitrogens with zero attached hydrogens (tertiary/aromatic N) is 4. The van der Waals surface area contributed by atoms with E-state index in [0.717, 1.165) is 42.4 Å². The summed E-state index contributed by atoms with van der Waals surface area (Å²) < 4.78 is 4.90. The van der Waals surface area contributed by atoms with Gasteiger partial charge in [0.2, 0.25) is 5.91 Å². The third kappa shape index (κ3) is 4.08. The van der Waals surface area contributed by atoms with Crippen molar-refractivity contribution in [3.8, 4) is 0 Å². The number of carbonyl (C=O) groups is 2. The molecule has 0 unspecified atom stereocenters. The van der Waals surface area contributed by atoms with Crippen LogP contribution in [0.3, 0.4) is 0 Å². The van der Waals surface area contributed by atoms with Gasteiger partial charge in [0.25, 0.3) is 0 Å². The Labute approximate surface area is 148 Å². The second-order valence-electron chi connectivity index (χ2n) is 6.58. The largest absolute Gasteiger partial charge is 0.466 e. The lowest BCUT2D eigenvalue weighted by Gasteiger charge is -2.31. The molecule has 2 aliphatic heterocycles. The van der Waals surface area contributed by atoms with Crippen molar-refractivity contribution < 1.29 is 14.3 Å². The van der Waals surface area contributed by atoms with Crippen molar-refractivity contribution in [1.82, 2.24) is 14.9 Å². The highest BCUT2D eigenvalue weighted by Gasteiger charge is 2.28. The molecular formula is C18H26N4O3. The number of aromatic nitrogens is 2. The first-order chi connectivity index (χ1) is 12.1. The number of hydrogen-bond donors (Lipinski definition) is 0.